The molecule has 0 radical (unpaired) electrons. The fourth-order valence-corrected chi connectivity index (χ4v) is 3.39. The van der Waals surface area contributed by atoms with Crippen LogP contribution in [0.5, 0.6) is 0 Å². The Bertz CT molecular complexity index is 1040. The smallest absolute Gasteiger partial charge is 0.356 e. The number of hydrogen-bond acceptors (Lipinski definition) is 1. The van der Waals surface area contributed by atoms with Crippen molar-refractivity contribution in [2.24, 2.45) is 0 Å². The fourth-order valence-electron chi connectivity index (χ4n) is 3.10. The molecule has 0 saturated heterocycles. The summed E-state index contributed by atoms with van der Waals surface area (Å²) in [5, 5.41) is 7.21. The van der Waals surface area contributed by atoms with Crippen molar-refractivity contribution in [2.75, 3.05) is 5.32 Å². The van der Waals surface area contributed by atoms with Gasteiger partial charge in [-0.1, -0.05) is 42.5 Å². The predicted octanol–water partition coefficient (Wildman–Crippen LogP) is 6.93. The standard InChI is InChI=1S/C21H16F6N2S/c1-12(17-8-4-6-13-5-2-3-7-18(13)17)28-19(30)29-16-10-14(20(22,23)24)9-15(11-16)21(25,26)27/h2-12H,1H3,(H2,28,29,30). The molecule has 0 aromatic heterocycles. The van der Waals surface area contributed by atoms with E-state index in [1.807, 2.05) is 42.5 Å². The Morgan fingerprint density at radius 1 is 0.833 bits per heavy atom. The van der Waals surface area contributed by atoms with Gasteiger partial charge in [0.15, 0.2) is 5.11 Å². The maximum absolute atomic E-state index is 13.0. The van der Waals surface area contributed by atoms with E-state index in [0.29, 0.717) is 12.1 Å². The third-order valence-corrected chi connectivity index (χ3v) is 4.70. The number of nitrogens with one attached hydrogen (secondary N) is 2. The summed E-state index contributed by atoms with van der Waals surface area (Å²) >= 11 is 5.12. The van der Waals surface area contributed by atoms with Gasteiger partial charge in [0.1, 0.15) is 0 Å². The van der Waals surface area contributed by atoms with E-state index < -0.39 is 29.2 Å². The van der Waals surface area contributed by atoms with Gasteiger partial charge in [-0.05, 0) is 53.7 Å². The maximum Gasteiger partial charge on any atom is 0.416 e. The summed E-state index contributed by atoms with van der Waals surface area (Å²) < 4.78 is 78.1. The predicted molar refractivity (Wildman–Crippen MR) is 108 cm³/mol. The van der Waals surface area contributed by atoms with Crippen molar-refractivity contribution in [3.63, 3.8) is 0 Å². The molecule has 0 aliphatic carbocycles. The Balaban J connectivity index is 1.83. The summed E-state index contributed by atoms with van der Waals surface area (Å²) in [6.45, 7) is 1.79. The average Bonchev–Trinajstić information content (AvgIpc) is 2.65. The lowest BCUT2D eigenvalue weighted by Crippen LogP contribution is -2.31. The molecule has 3 aromatic rings. The minimum Gasteiger partial charge on any atom is -0.356 e. The SMILES string of the molecule is CC(NC(=S)Nc1cc(C(F)(F)F)cc(C(F)(F)F)c1)c1cccc2ccccc12. The van der Waals surface area contributed by atoms with Gasteiger partial charge in [0.2, 0.25) is 0 Å². The summed E-state index contributed by atoms with van der Waals surface area (Å²) in [4.78, 5) is 0. The van der Waals surface area contributed by atoms with Crippen molar-refractivity contribution in [1.82, 2.24) is 5.32 Å². The topological polar surface area (TPSA) is 24.1 Å². The van der Waals surface area contributed by atoms with E-state index >= 15 is 0 Å². The minimum absolute atomic E-state index is 0.0698. The largest absolute Gasteiger partial charge is 0.416 e. The van der Waals surface area contributed by atoms with Gasteiger partial charge < -0.3 is 10.6 Å². The van der Waals surface area contributed by atoms with E-state index in [4.69, 9.17) is 12.2 Å². The Hall–Kier alpha value is -2.81. The van der Waals surface area contributed by atoms with Gasteiger partial charge in [-0.2, -0.15) is 26.3 Å². The molecule has 0 bridgehead atoms. The van der Waals surface area contributed by atoms with Crippen LogP contribution in [-0.2, 0) is 12.4 Å². The van der Waals surface area contributed by atoms with Crippen molar-refractivity contribution in [2.45, 2.75) is 25.3 Å². The Labute approximate surface area is 173 Å². The van der Waals surface area contributed by atoms with Gasteiger partial charge in [-0.3, -0.25) is 0 Å². The molecular formula is C21H16F6N2S. The van der Waals surface area contributed by atoms with Gasteiger partial charge in [0, 0.05) is 5.69 Å². The molecule has 3 rings (SSSR count). The summed E-state index contributed by atoms with van der Waals surface area (Å²) in [6.07, 6.45) is -9.86. The van der Waals surface area contributed by atoms with Crippen molar-refractivity contribution in [3.05, 3.63) is 77.4 Å². The van der Waals surface area contributed by atoms with Crippen molar-refractivity contribution in [3.8, 4) is 0 Å². The van der Waals surface area contributed by atoms with Gasteiger partial charge in [-0.15, -0.1) is 0 Å². The molecule has 2 nitrogen and oxygen atoms in total. The van der Waals surface area contributed by atoms with Gasteiger partial charge >= 0.3 is 12.4 Å². The molecule has 1 unspecified atom stereocenters. The minimum atomic E-state index is -4.93. The summed E-state index contributed by atoms with van der Waals surface area (Å²) in [5.74, 6) is 0. The van der Waals surface area contributed by atoms with E-state index in [1.165, 1.54) is 0 Å². The molecular weight excluding hydrogens is 426 g/mol. The van der Waals surface area contributed by atoms with Gasteiger partial charge in [0.05, 0.1) is 17.2 Å². The summed E-state index contributed by atoms with van der Waals surface area (Å²) in [5.41, 5.74) is -2.34. The third kappa shape index (κ3) is 5.02. The lowest BCUT2D eigenvalue weighted by molar-refractivity contribution is -0.143. The lowest BCUT2D eigenvalue weighted by atomic mass is 10.00. The average molecular weight is 442 g/mol. The van der Waals surface area contributed by atoms with E-state index in [2.05, 4.69) is 10.6 Å². The lowest BCUT2D eigenvalue weighted by Gasteiger charge is -2.20. The molecule has 158 valence electrons. The van der Waals surface area contributed by atoms with Gasteiger partial charge in [0.25, 0.3) is 0 Å². The molecule has 0 saturated carbocycles. The molecule has 0 aliphatic rings. The molecule has 3 aromatic carbocycles. The van der Waals surface area contributed by atoms with Crippen LogP contribution in [0.15, 0.2) is 60.7 Å². The second-order valence-corrected chi connectivity index (χ2v) is 7.09. The number of fused-ring (bicyclic) bond motifs is 1. The quantitative estimate of drug-likeness (QED) is 0.340. The molecule has 0 heterocycles. The van der Waals surface area contributed by atoms with E-state index in [9.17, 15) is 26.3 Å². The second kappa shape index (κ2) is 8.14. The highest BCUT2D eigenvalue weighted by Gasteiger charge is 2.37. The van der Waals surface area contributed by atoms with Crippen LogP contribution < -0.4 is 10.6 Å². The molecule has 0 spiro atoms. The van der Waals surface area contributed by atoms with Crippen LogP contribution in [0.3, 0.4) is 0 Å². The fraction of sp³-hybridized carbons (Fsp3) is 0.190. The van der Waals surface area contributed by atoms with Crippen LogP contribution >= 0.6 is 12.2 Å². The zero-order valence-corrected chi connectivity index (χ0v) is 16.3. The first kappa shape index (κ1) is 21.9. The molecule has 30 heavy (non-hydrogen) atoms. The Morgan fingerprint density at radius 3 is 2.00 bits per heavy atom. The highest BCUT2D eigenvalue weighted by atomic mass is 32.1. The number of benzene rings is 3. The molecule has 9 heteroatoms. The van der Waals surface area contributed by atoms with E-state index in [0.717, 1.165) is 16.3 Å². The zero-order valence-electron chi connectivity index (χ0n) is 15.5. The van der Waals surface area contributed by atoms with Crippen LogP contribution in [0.2, 0.25) is 0 Å². The van der Waals surface area contributed by atoms with E-state index in [1.54, 1.807) is 6.92 Å². The van der Waals surface area contributed by atoms with Crippen LogP contribution in [-0.4, -0.2) is 5.11 Å². The third-order valence-electron chi connectivity index (χ3n) is 4.48. The molecule has 2 N–H and O–H groups in total. The van der Waals surface area contributed by atoms with Crippen LogP contribution in [0, 0.1) is 0 Å². The highest BCUT2D eigenvalue weighted by molar-refractivity contribution is 7.80. The van der Waals surface area contributed by atoms with Crippen molar-refractivity contribution >= 4 is 33.8 Å². The highest BCUT2D eigenvalue weighted by Crippen LogP contribution is 2.37. The molecule has 1 atom stereocenters. The molecule has 0 amide bonds. The van der Waals surface area contributed by atoms with Crippen LogP contribution in [0.25, 0.3) is 10.8 Å². The molecule has 0 fully saturated rings. The van der Waals surface area contributed by atoms with Gasteiger partial charge in [-0.25, -0.2) is 0 Å². The zero-order chi connectivity index (χ0) is 22.1. The van der Waals surface area contributed by atoms with Crippen molar-refractivity contribution in [1.29, 1.82) is 0 Å². The molecule has 0 aliphatic heterocycles. The number of halogens is 6. The Kier molecular flexibility index (Phi) is 5.94. The number of anilines is 1. The number of hydrogen-bond donors (Lipinski definition) is 2. The number of rotatable bonds is 3. The first-order valence-electron chi connectivity index (χ1n) is 8.80. The second-order valence-electron chi connectivity index (χ2n) is 6.68. The van der Waals surface area contributed by atoms with Crippen LogP contribution in [0.4, 0.5) is 32.0 Å². The normalized spacial score (nSPS) is 13.2. The summed E-state index contributed by atoms with van der Waals surface area (Å²) in [7, 11) is 0. The monoisotopic (exact) mass is 442 g/mol. The van der Waals surface area contributed by atoms with Crippen LogP contribution in [0.1, 0.15) is 29.7 Å². The number of thiocarbonyl (C=S) groups is 1. The first-order valence-corrected chi connectivity index (χ1v) is 9.20. The summed E-state index contributed by atoms with van der Waals surface area (Å²) in [6, 6.07) is 14.2. The number of alkyl halides is 6. The van der Waals surface area contributed by atoms with Crippen molar-refractivity contribution < 1.29 is 26.3 Å². The maximum atomic E-state index is 13.0. The first-order chi connectivity index (χ1) is 13.9. The Morgan fingerprint density at radius 2 is 1.40 bits per heavy atom. The van der Waals surface area contributed by atoms with E-state index in [-0.39, 0.29) is 17.2 Å².